The van der Waals surface area contributed by atoms with Gasteiger partial charge in [-0.15, -0.1) is 0 Å². The van der Waals surface area contributed by atoms with E-state index in [2.05, 4.69) is 6.07 Å². The first-order valence-corrected chi connectivity index (χ1v) is 7.43. The minimum Gasteiger partial charge on any atom is -0.325 e. The molecule has 2 N–H and O–H groups in total. The summed E-state index contributed by atoms with van der Waals surface area (Å²) in [5, 5.41) is 10.7. The molecule has 2 rings (SSSR count). The summed E-state index contributed by atoms with van der Waals surface area (Å²) in [5.41, 5.74) is 0. The zero-order valence-electron chi connectivity index (χ0n) is 11.6. The largest absolute Gasteiger partial charge is 0.325 e. The Balaban J connectivity index is 1.85. The van der Waals surface area contributed by atoms with Gasteiger partial charge in [-0.25, -0.2) is 5.01 Å². The second-order valence-electron chi connectivity index (χ2n) is 5.69. The van der Waals surface area contributed by atoms with E-state index >= 15 is 0 Å². The van der Waals surface area contributed by atoms with Crippen LogP contribution < -0.4 is 5.84 Å². The van der Waals surface area contributed by atoms with Crippen molar-refractivity contribution in [1.82, 2.24) is 9.91 Å². The lowest BCUT2D eigenvalue weighted by atomic mass is 10.1. The van der Waals surface area contributed by atoms with Gasteiger partial charge in [0.1, 0.15) is 6.04 Å². The molecule has 1 aliphatic carbocycles. The highest BCUT2D eigenvalue weighted by atomic mass is 16.2. The maximum Gasteiger partial charge on any atom is 0.239 e. The summed E-state index contributed by atoms with van der Waals surface area (Å²) < 4.78 is 0. The summed E-state index contributed by atoms with van der Waals surface area (Å²) in [6.45, 7) is 0.957. The van der Waals surface area contributed by atoms with Crippen molar-refractivity contribution in [2.45, 2.75) is 63.5 Å². The molecule has 2 aliphatic rings. The number of carbonyl (C=O) groups is 1. The van der Waals surface area contributed by atoms with Gasteiger partial charge in [0.15, 0.2) is 0 Å². The van der Waals surface area contributed by atoms with E-state index in [1.807, 2.05) is 0 Å². The Hall–Kier alpha value is -1.12. The second kappa shape index (κ2) is 6.88. The van der Waals surface area contributed by atoms with Gasteiger partial charge in [0.2, 0.25) is 5.91 Å². The lowest BCUT2D eigenvalue weighted by Crippen LogP contribution is -2.49. The molecule has 5 nitrogen and oxygen atoms in total. The molecule has 19 heavy (non-hydrogen) atoms. The number of hydrogen-bond acceptors (Lipinski definition) is 4. The fraction of sp³-hybridized carbons (Fsp3) is 0.857. The van der Waals surface area contributed by atoms with Crippen molar-refractivity contribution in [2.24, 2.45) is 5.84 Å². The van der Waals surface area contributed by atoms with E-state index in [-0.39, 0.29) is 18.5 Å². The van der Waals surface area contributed by atoms with Crippen LogP contribution in [0.5, 0.6) is 0 Å². The van der Waals surface area contributed by atoms with Gasteiger partial charge >= 0.3 is 0 Å². The van der Waals surface area contributed by atoms with E-state index in [9.17, 15) is 4.79 Å². The number of carbonyl (C=O) groups excluding carboxylic acids is 1. The van der Waals surface area contributed by atoms with E-state index in [1.165, 1.54) is 25.7 Å². The van der Waals surface area contributed by atoms with Crippen molar-refractivity contribution in [3.8, 4) is 6.07 Å². The van der Waals surface area contributed by atoms with Crippen molar-refractivity contribution < 1.29 is 4.79 Å². The third-order valence-electron chi connectivity index (χ3n) is 4.33. The Kier molecular flexibility index (Phi) is 5.17. The standard InChI is InChI=1S/C14H24N4O/c15-10-13-8-5-9-17(13)14(19)11-18(16)12-6-3-1-2-4-7-12/h12-13H,1-9,11,16H2. The van der Waals surface area contributed by atoms with Crippen LogP contribution >= 0.6 is 0 Å². The molecule has 1 unspecified atom stereocenters. The Labute approximate surface area is 115 Å². The van der Waals surface area contributed by atoms with Crippen LogP contribution in [-0.2, 0) is 4.79 Å². The molecule has 0 aromatic rings. The number of hydrazine groups is 1. The molecule has 1 atom stereocenters. The second-order valence-corrected chi connectivity index (χ2v) is 5.69. The first kappa shape index (κ1) is 14.3. The molecule has 1 heterocycles. The molecule has 2 fully saturated rings. The molecule has 0 spiro atoms. The van der Waals surface area contributed by atoms with Gasteiger partial charge in [0, 0.05) is 12.6 Å². The molecule has 5 heteroatoms. The summed E-state index contributed by atoms with van der Waals surface area (Å²) in [6.07, 6.45) is 8.88. The van der Waals surface area contributed by atoms with Crippen molar-refractivity contribution in [3.63, 3.8) is 0 Å². The Morgan fingerprint density at radius 3 is 2.53 bits per heavy atom. The van der Waals surface area contributed by atoms with Gasteiger partial charge in [-0.1, -0.05) is 25.7 Å². The molecule has 0 bridgehead atoms. The van der Waals surface area contributed by atoms with E-state index in [1.54, 1.807) is 9.91 Å². The van der Waals surface area contributed by atoms with Crippen LogP contribution in [0.4, 0.5) is 0 Å². The highest BCUT2D eigenvalue weighted by Crippen LogP contribution is 2.21. The van der Waals surface area contributed by atoms with Crippen molar-refractivity contribution in [2.75, 3.05) is 13.1 Å². The van der Waals surface area contributed by atoms with Crippen LogP contribution in [0.25, 0.3) is 0 Å². The van der Waals surface area contributed by atoms with Gasteiger partial charge in [0.05, 0.1) is 12.6 Å². The summed E-state index contributed by atoms with van der Waals surface area (Å²) in [6, 6.07) is 2.29. The van der Waals surface area contributed by atoms with Gasteiger partial charge < -0.3 is 4.90 Å². The molecule has 106 valence electrons. The predicted octanol–water partition coefficient (Wildman–Crippen LogP) is 1.40. The van der Waals surface area contributed by atoms with Crippen molar-refractivity contribution in [3.05, 3.63) is 0 Å². The van der Waals surface area contributed by atoms with E-state index in [0.717, 1.165) is 25.7 Å². The average molecular weight is 264 g/mol. The number of nitrogens with zero attached hydrogens (tertiary/aromatic N) is 3. The van der Waals surface area contributed by atoms with Crippen LogP contribution in [0.2, 0.25) is 0 Å². The Morgan fingerprint density at radius 1 is 1.21 bits per heavy atom. The van der Waals surface area contributed by atoms with Crippen LogP contribution in [0.1, 0.15) is 51.4 Å². The third-order valence-corrected chi connectivity index (χ3v) is 4.33. The van der Waals surface area contributed by atoms with Gasteiger partial charge in [-0.2, -0.15) is 5.26 Å². The van der Waals surface area contributed by atoms with E-state index in [4.69, 9.17) is 11.1 Å². The van der Waals surface area contributed by atoms with Crippen LogP contribution in [0, 0.1) is 11.3 Å². The molecular weight excluding hydrogens is 240 g/mol. The van der Waals surface area contributed by atoms with E-state index < -0.39 is 0 Å². The molecule has 0 aromatic carbocycles. The maximum atomic E-state index is 12.2. The average Bonchev–Trinajstić information content (AvgIpc) is 2.72. The van der Waals surface area contributed by atoms with Gasteiger partial charge in [-0.3, -0.25) is 10.6 Å². The van der Waals surface area contributed by atoms with Crippen LogP contribution in [-0.4, -0.2) is 41.0 Å². The van der Waals surface area contributed by atoms with Crippen LogP contribution in [0.3, 0.4) is 0 Å². The lowest BCUT2D eigenvalue weighted by Gasteiger charge is -2.28. The number of rotatable bonds is 3. The molecular formula is C14H24N4O. The number of amides is 1. The monoisotopic (exact) mass is 264 g/mol. The normalized spacial score (nSPS) is 25.3. The van der Waals surface area contributed by atoms with Crippen molar-refractivity contribution >= 4 is 5.91 Å². The molecule has 1 amide bonds. The van der Waals surface area contributed by atoms with Gasteiger partial charge in [0.25, 0.3) is 0 Å². The molecule has 1 saturated carbocycles. The number of nitriles is 1. The maximum absolute atomic E-state index is 12.2. The SMILES string of the molecule is N#CC1CCCN1C(=O)CN(N)C1CCCCCC1. The number of hydrogen-bond donors (Lipinski definition) is 1. The Morgan fingerprint density at radius 2 is 1.89 bits per heavy atom. The first-order chi connectivity index (χ1) is 9.22. The third kappa shape index (κ3) is 3.68. The fourth-order valence-corrected chi connectivity index (χ4v) is 3.16. The highest BCUT2D eigenvalue weighted by molar-refractivity contribution is 5.79. The smallest absolute Gasteiger partial charge is 0.239 e. The summed E-state index contributed by atoms with van der Waals surface area (Å²) in [5.74, 6) is 6.09. The lowest BCUT2D eigenvalue weighted by molar-refractivity contribution is -0.133. The topological polar surface area (TPSA) is 73.4 Å². The summed E-state index contributed by atoms with van der Waals surface area (Å²) in [4.78, 5) is 13.9. The zero-order chi connectivity index (χ0) is 13.7. The minimum atomic E-state index is -0.241. The summed E-state index contributed by atoms with van der Waals surface area (Å²) >= 11 is 0. The number of likely N-dealkylation sites (tertiary alicyclic amines) is 1. The molecule has 1 aliphatic heterocycles. The quantitative estimate of drug-likeness (QED) is 0.475. The highest BCUT2D eigenvalue weighted by Gasteiger charge is 2.30. The van der Waals surface area contributed by atoms with Gasteiger partial charge in [-0.05, 0) is 25.7 Å². The molecule has 0 aromatic heterocycles. The predicted molar refractivity (Wildman–Crippen MR) is 72.7 cm³/mol. The van der Waals surface area contributed by atoms with E-state index in [0.29, 0.717) is 12.6 Å². The fourth-order valence-electron chi connectivity index (χ4n) is 3.16. The summed E-state index contributed by atoms with van der Waals surface area (Å²) in [7, 11) is 0. The Bertz CT molecular complexity index is 344. The molecule has 0 radical (unpaired) electrons. The number of nitrogens with two attached hydrogens (primary N) is 1. The van der Waals surface area contributed by atoms with Crippen molar-refractivity contribution in [1.29, 1.82) is 5.26 Å². The minimum absolute atomic E-state index is 0.01000. The first-order valence-electron chi connectivity index (χ1n) is 7.43. The molecule has 1 saturated heterocycles. The van der Waals surface area contributed by atoms with Crippen LogP contribution in [0.15, 0.2) is 0 Å². The zero-order valence-corrected chi connectivity index (χ0v) is 11.6.